The molecule has 0 spiro atoms. The number of halogens is 1. The van der Waals surface area contributed by atoms with Crippen LogP contribution in [0.2, 0.25) is 0 Å². The molecule has 0 unspecified atom stereocenters. The van der Waals surface area contributed by atoms with Crippen molar-refractivity contribution in [3.63, 3.8) is 0 Å². The second-order valence-corrected chi connectivity index (χ2v) is 6.48. The van der Waals surface area contributed by atoms with Gasteiger partial charge in [0.25, 0.3) is 5.56 Å². The smallest absolute Gasteiger partial charge is 0.256 e. The minimum Gasteiger partial charge on any atom is -0.320 e. The summed E-state index contributed by atoms with van der Waals surface area (Å²) < 4.78 is 0. The van der Waals surface area contributed by atoms with Crippen molar-refractivity contribution < 1.29 is 4.79 Å². The van der Waals surface area contributed by atoms with Crippen LogP contribution in [0.5, 0.6) is 0 Å². The standard InChI is InChI=1S/C19H20N4O2.ClH/c24-17(12-23-10-4-1-5-11-23)21-16-9-8-15-18(22-16)13-6-2-3-7-14(13)19(25)20-15;/h2-3,6-9H,1,4-5,10-12H2,(H,20,25)(H,21,22,24);1H. The van der Waals surface area contributed by atoms with E-state index in [0.29, 0.717) is 28.8 Å². The number of piperidine rings is 1. The van der Waals surface area contributed by atoms with Gasteiger partial charge in [0.2, 0.25) is 5.91 Å². The number of rotatable bonds is 3. The van der Waals surface area contributed by atoms with Crippen molar-refractivity contribution in [2.24, 2.45) is 0 Å². The summed E-state index contributed by atoms with van der Waals surface area (Å²) in [6, 6.07) is 10.9. The van der Waals surface area contributed by atoms with E-state index < -0.39 is 0 Å². The van der Waals surface area contributed by atoms with E-state index in [1.807, 2.05) is 18.2 Å². The third kappa shape index (κ3) is 3.71. The Morgan fingerprint density at radius 1 is 1.08 bits per heavy atom. The Morgan fingerprint density at radius 3 is 2.58 bits per heavy atom. The zero-order valence-electron chi connectivity index (χ0n) is 14.3. The lowest BCUT2D eigenvalue weighted by molar-refractivity contribution is -0.117. The lowest BCUT2D eigenvalue weighted by atomic mass is 10.1. The molecular formula is C19H21ClN4O2. The molecule has 7 heteroatoms. The number of aromatic nitrogens is 2. The van der Waals surface area contributed by atoms with Gasteiger partial charge in [0, 0.05) is 10.8 Å². The lowest BCUT2D eigenvalue weighted by Crippen LogP contribution is -2.36. The Labute approximate surface area is 157 Å². The quantitative estimate of drug-likeness (QED) is 0.693. The molecule has 3 heterocycles. The molecule has 0 radical (unpaired) electrons. The number of hydrogen-bond donors (Lipinski definition) is 2. The number of nitrogens with one attached hydrogen (secondary N) is 2. The van der Waals surface area contributed by atoms with Gasteiger partial charge in [0.15, 0.2) is 0 Å². The van der Waals surface area contributed by atoms with Gasteiger partial charge in [0.05, 0.1) is 17.6 Å². The highest BCUT2D eigenvalue weighted by Crippen LogP contribution is 2.21. The largest absolute Gasteiger partial charge is 0.320 e. The van der Waals surface area contributed by atoms with Crippen LogP contribution in [0.25, 0.3) is 21.8 Å². The Balaban J connectivity index is 0.00000196. The van der Waals surface area contributed by atoms with Crippen molar-refractivity contribution >= 4 is 45.9 Å². The zero-order chi connectivity index (χ0) is 17.2. The molecular weight excluding hydrogens is 352 g/mol. The van der Waals surface area contributed by atoms with Crippen molar-refractivity contribution in [2.45, 2.75) is 19.3 Å². The number of benzene rings is 1. The van der Waals surface area contributed by atoms with Gasteiger partial charge < -0.3 is 10.3 Å². The number of pyridine rings is 2. The monoisotopic (exact) mass is 372 g/mol. The summed E-state index contributed by atoms with van der Waals surface area (Å²) in [4.78, 5) is 34.0. The number of likely N-dealkylation sites (tertiary alicyclic amines) is 1. The summed E-state index contributed by atoms with van der Waals surface area (Å²) in [5.74, 6) is 0.453. The van der Waals surface area contributed by atoms with E-state index in [4.69, 9.17) is 0 Å². The first-order valence-corrected chi connectivity index (χ1v) is 8.65. The van der Waals surface area contributed by atoms with Gasteiger partial charge in [-0.2, -0.15) is 0 Å². The van der Waals surface area contributed by atoms with Crippen LogP contribution in [0.3, 0.4) is 0 Å². The Hall–Kier alpha value is -2.44. The van der Waals surface area contributed by atoms with E-state index >= 15 is 0 Å². The average Bonchev–Trinajstić information content (AvgIpc) is 2.63. The Kier molecular flexibility index (Phi) is 5.54. The first-order valence-electron chi connectivity index (χ1n) is 8.65. The van der Waals surface area contributed by atoms with E-state index in [-0.39, 0.29) is 23.9 Å². The first kappa shape index (κ1) is 18.4. The number of aromatic amines is 1. The molecule has 26 heavy (non-hydrogen) atoms. The third-order valence-electron chi connectivity index (χ3n) is 4.65. The molecule has 136 valence electrons. The molecule has 6 nitrogen and oxygen atoms in total. The SMILES string of the molecule is Cl.O=C(CN1CCCCC1)Nc1ccc2[nH]c(=O)c3ccccc3c2n1. The predicted octanol–water partition coefficient (Wildman–Crippen LogP) is 2.92. The van der Waals surface area contributed by atoms with Crippen molar-refractivity contribution in [3.8, 4) is 0 Å². The summed E-state index contributed by atoms with van der Waals surface area (Å²) in [7, 11) is 0. The van der Waals surface area contributed by atoms with Gasteiger partial charge in [-0.25, -0.2) is 4.98 Å². The predicted molar refractivity (Wildman–Crippen MR) is 106 cm³/mol. The maximum absolute atomic E-state index is 12.3. The molecule has 1 aliphatic rings. The zero-order valence-corrected chi connectivity index (χ0v) is 15.1. The molecule has 0 saturated carbocycles. The third-order valence-corrected chi connectivity index (χ3v) is 4.65. The molecule has 4 rings (SSSR count). The van der Waals surface area contributed by atoms with Crippen LogP contribution in [0.4, 0.5) is 5.82 Å². The maximum atomic E-state index is 12.3. The number of anilines is 1. The van der Waals surface area contributed by atoms with Crippen molar-refractivity contribution in [1.82, 2.24) is 14.9 Å². The second-order valence-electron chi connectivity index (χ2n) is 6.48. The molecule has 0 bridgehead atoms. The summed E-state index contributed by atoms with van der Waals surface area (Å²) in [6.45, 7) is 2.35. The highest BCUT2D eigenvalue weighted by atomic mass is 35.5. The van der Waals surface area contributed by atoms with Crippen LogP contribution in [0.1, 0.15) is 19.3 Å². The molecule has 1 fully saturated rings. The van der Waals surface area contributed by atoms with Gasteiger partial charge in [-0.05, 0) is 44.1 Å². The van der Waals surface area contributed by atoms with Crippen LogP contribution in [0, 0.1) is 0 Å². The molecule has 1 amide bonds. The molecule has 1 aromatic carbocycles. The topological polar surface area (TPSA) is 78.1 Å². The van der Waals surface area contributed by atoms with E-state index in [1.165, 1.54) is 6.42 Å². The number of amides is 1. The summed E-state index contributed by atoms with van der Waals surface area (Å²) in [5, 5.41) is 4.26. The minimum atomic E-state index is -0.133. The van der Waals surface area contributed by atoms with E-state index in [2.05, 4.69) is 20.2 Å². The molecule has 0 atom stereocenters. The van der Waals surface area contributed by atoms with E-state index in [1.54, 1.807) is 18.2 Å². The number of carbonyl (C=O) groups excluding carboxylic acids is 1. The normalized spacial score (nSPS) is 14.9. The molecule has 1 aliphatic heterocycles. The fraction of sp³-hybridized carbons (Fsp3) is 0.316. The fourth-order valence-electron chi connectivity index (χ4n) is 3.42. The van der Waals surface area contributed by atoms with Crippen LogP contribution in [0.15, 0.2) is 41.2 Å². The number of carbonyl (C=O) groups is 1. The number of nitrogens with zero attached hydrogens (tertiary/aromatic N) is 2. The number of H-pyrrole nitrogens is 1. The summed E-state index contributed by atoms with van der Waals surface area (Å²) in [5.41, 5.74) is 1.22. The van der Waals surface area contributed by atoms with Crippen molar-refractivity contribution in [3.05, 3.63) is 46.8 Å². The fourth-order valence-corrected chi connectivity index (χ4v) is 3.42. The molecule has 2 aromatic heterocycles. The van der Waals surface area contributed by atoms with Gasteiger partial charge in [0.1, 0.15) is 5.82 Å². The van der Waals surface area contributed by atoms with Gasteiger partial charge in [-0.3, -0.25) is 14.5 Å². The minimum absolute atomic E-state index is 0. The maximum Gasteiger partial charge on any atom is 0.256 e. The van der Waals surface area contributed by atoms with Gasteiger partial charge in [-0.1, -0.05) is 24.6 Å². The van der Waals surface area contributed by atoms with E-state index in [0.717, 1.165) is 31.3 Å². The average molecular weight is 373 g/mol. The highest BCUT2D eigenvalue weighted by molar-refractivity contribution is 6.03. The second kappa shape index (κ2) is 7.85. The van der Waals surface area contributed by atoms with E-state index in [9.17, 15) is 9.59 Å². The summed E-state index contributed by atoms with van der Waals surface area (Å²) >= 11 is 0. The van der Waals surface area contributed by atoms with Crippen molar-refractivity contribution in [1.29, 1.82) is 0 Å². The molecule has 3 aromatic rings. The Bertz CT molecular complexity index is 996. The van der Waals surface area contributed by atoms with Crippen LogP contribution < -0.4 is 10.9 Å². The molecule has 0 aliphatic carbocycles. The first-order chi connectivity index (χ1) is 12.2. The highest BCUT2D eigenvalue weighted by Gasteiger charge is 2.14. The molecule has 2 N–H and O–H groups in total. The van der Waals surface area contributed by atoms with Crippen molar-refractivity contribution in [2.75, 3.05) is 25.0 Å². The van der Waals surface area contributed by atoms with Crippen LogP contribution in [-0.2, 0) is 4.79 Å². The van der Waals surface area contributed by atoms with Gasteiger partial charge in [-0.15, -0.1) is 12.4 Å². The number of fused-ring (bicyclic) bond motifs is 3. The van der Waals surface area contributed by atoms with Gasteiger partial charge >= 0.3 is 0 Å². The molecule has 1 saturated heterocycles. The Morgan fingerprint density at radius 2 is 1.81 bits per heavy atom. The number of hydrogen-bond acceptors (Lipinski definition) is 4. The van der Waals surface area contributed by atoms with Crippen LogP contribution >= 0.6 is 12.4 Å². The summed E-state index contributed by atoms with van der Waals surface area (Å²) in [6.07, 6.45) is 3.55. The van der Waals surface area contributed by atoms with Crippen LogP contribution in [-0.4, -0.2) is 40.4 Å². The lowest BCUT2D eigenvalue weighted by Gasteiger charge is -2.25.